The summed E-state index contributed by atoms with van der Waals surface area (Å²) in [5.41, 5.74) is 0.719. The Hall–Kier alpha value is -2.42. The van der Waals surface area contributed by atoms with E-state index in [1.165, 1.54) is 19.1 Å². The van der Waals surface area contributed by atoms with Gasteiger partial charge in [0.05, 0.1) is 17.0 Å². The Labute approximate surface area is 157 Å². The molecule has 7 nitrogen and oxygen atoms in total. The van der Waals surface area contributed by atoms with Crippen LogP contribution in [0.3, 0.4) is 0 Å². The molecule has 2 N–H and O–H groups in total. The van der Waals surface area contributed by atoms with E-state index in [0.717, 1.165) is 5.56 Å². The van der Waals surface area contributed by atoms with Gasteiger partial charge in [0.1, 0.15) is 6.10 Å². The Bertz CT molecular complexity index is 975. The first-order chi connectivity index (χ1) is 12.9. The predicted molar refractivity (Wildman–Crippen MR) is 96.1 cm³/mol. The van der Waals surface area contributed by atoms with Gasteiger partial charge in [0.2, 0.25) is 10.0 Å². The van der Waals surface area contributed by atoms with Crippen LogP contribution in [0.1, 0.15) is 24.8 Å². The molecule has 142 valence electrons. The molecule has 0 radical (unpaired) electrons. The highest BCUT2D eigenvalue weighted by molar-refractivity contribution is 7.89. The lowest BCUT2D eigenvalue weighted by Crippen LogP contribution is -2.43. The number of hydrogen-bond donors (Lipinski definition) is 2. The van der Waals surface area contributed by atoms with E-state index in [0.29, 0.717) is 11.5 Å². The number of benzene rings is 2. The molecule has 1 saturated carbocycles. The molecule has 4 atom stereocenters. The van der Waals surface area contributed by atoms with Gasteiger partial charge < -0.3 is 14.6 Å². The van der Waals surface area contributed by atoms with Crippen molar-refractivity contribution >= 4 is 16.0 Å². The first-order valence-electron chi connectivity index (χ1n) is 8.60. The number of esters is 1. The predicted octanol–water partition coefficient (Wildman–Crippen LogP) is 1.57. The number of rotatable bonds is 4. The minimum absolute atomic E-state index is 0.133. The maximum absolute atomic E-state index is 12.7. The highest BCUT2D eigenvalue weighted by Crippen LogP contribution is 2.51. The van der Waals surface area contributed by atoms with E-state index >= 15 is 0 Å². The standard InChI is InChI=1S/C19H19NO6S/c1-11(21)25-15-9-5-8-13-17-16(26-19(13)15)10-14(22)18(17)20-27(23,24)12-6-3-2-4-7-12/h2-9,14,16-18,20,22H,10H2,1H3/t14?,16?,17-,18?/m1/s1. The quantitative estimate of drug-likeness (QED) is 0.608. The van der Waals surface area contributed by atoms with Crippen molar-refractivity contribution in [2.45, 2.75) is 42.4 Å². The summed E-state index contributed by atoms with van der Waals surface area (Å²) >= 11 is 0. The average molecular weight is 389 g/mol. The van der Waals surface area contributed by atoms with Gasteiger partial charge in [-0.15, -0.1) is 0 Å². The highest BCUT2D eigenvalue weighted by Gasteiger charge is 2.51. The number of carbonyl (C=O) groups is 1. The molecule has 0 spiro atoms. The van der Waals surface area contributed by atoms with E-state index in [1.54, 1.807) is 36.4 Å². The van der Waals surface area contributed by atoms with Crippen LogP contribution in [-0.2, 0) is 14.8 Å². The lowest BCUT2D eigenvalue weighted by Gasteiger charge is -2.22. The molecule has 3 unspecified atom stereocenters. The van der Waals surface area contributed by atoms with Gasteiger partial charge in [-0.3, -0.25) is 4.79 Å². The van der Waals surface area contributed by atoms with Crippen molar-refractivity contribution in [3.05, 3.63) is 54.1 Å². The number of para-hydroxylation sites is 1. The maximum Gasteiger partial charge on any atom is 0.308 e. The Kier molecular flexibility index (Phi) is 4.41. The molecule has 2 aliphatic rings. The number of sulfonamides is 1. The third-order valence-electron chi connectivity index (χ3n) is 4.91. The lowest BCUT2D eigenvalue weighted by molar-refractivity contribution is -0.132. The fourth-order valence-electron chi connectivity index (χ4n) is 3.82. The lowest BCUT2D eigenvalue weighted by atomic mass is 9.94. The maximum atomic E-state index is 12.7. The molecule has 27 heavy (non-hydrogen) atoms. The largest absolute Gasteiger partial charge is 0.485 e. The number of carbonyl (C=O) groups excluding carboxylic acids is 1. The van der Waals surface area contributed by atoms with Gasteiger partial charge in [-0.1, -0.05) is 30.3 Å². The molecule has 1 aliphatic heterocycles. The van der Waals surface area contributed by atoms with E-state index in [-0.39, 0.29) is 17.2 Å². The van der Waals surface area contributed by atoms with E-state index in [4.69, 9.17) is 9.47 Å². The average Bonchev–Trinajstić information content (AvgIpc) is 3.12. The summed E-state index contributed by atoms with van der Waals surface area (Å²) in [6.45, 7) is 1.30. The minimum atomic E-state index is -3.80. The van der Waals surface area contributed by atoms with Gasteiger partial charge in [0.15, 0.2) is 11.5 Å². The van der Waals surface area contributed by atoms with E-state index in [1.807, 2.05) is 0 Å². The summed E-state index contributed by atoms with van der Waals surface area (Å²) in [6, 6.07) is 12.4. The number of aliphatic hydroxyl groups is 1. The van der Waals surface area contributed by atoms with Crippen LogP contribution in [0, 0.1) is 0 Å². The fraction of sp³-hybridized carbons (Fsp3) is 0.316. The van der Waals surface area contributed by atoms with Crippen molar-refractivity contribution in [1.29, 1.82) is 0 Å². The molecule has 0 aromatic heterocycles. The van der Waals surface area contributed by atoms with Crippen LogP contribution >= 0.6 is 0 Å². The van der Waals surface area contributed by atoms with Crippen LogP contribution in [-0.4, -0.2) is 37.7 Å². The van der Waals surface area contributed by atoms with Crippen LogP contribution in [0.2, 0.25) is 0 Å². The zero-order valence-corrected chi connectivity index (χ0v) is 15.3. The summed E-state index contributed by atoms with van der Waals surface area (Å²) in [5.74, 6) is -0.110. The fourth-order valence-corrected chi connectivity index (χ4v) is 5.14. The van der Waals surface area contributed by atoms with Gasteiger partial charge in [0.25, 0.3) is 0 Å². The van der Waals surface area contributed by atoms with Crippen LogP contribution in [0.4, 0.5) is 0 Å². The molecule has 8 heteroatoms. The van der Waals surface area contributed by atoms with Crippen molar-refractivity contribution < 1.29 is 27.8 Å². The van der Waals surface area contributed by atoms with Gasteiger partial charge in [-0.2, -0.15) is 0 Å². The summed E-state index contributed by atoms with van der Waals surface area (Å²) in [5, 5.41) is 10.5. The normalized spacial score (nSPS) is 26.1. The Morgan fingerprint density at radius 3 is 2.63 bits per heavy atom. The second-order valence-corrected chi connectivity index (χ2v) is 8.43. The monoisotopic (exact) mass is 389 g/mol. The van der Waals surface area contributed by atoms with Crippen LogP contribution in [0.15, 0.2) is 53.4 Å². The zero-order valence-electron chi connectivity index (χ0n) is 14.5. The molecule has 2 aromatic rings. The van der Waals surface area contributed by atoms with Crippen molar-refractivity contribution in [1.82, 2.24) is 4.72 Å². The number of hydrogen-bond acceptors (Lipinski definition) is 6. The molecule has 0 saturated heterocycles. The number of nitrogens with one attached hydrogen (secondary N) is 1. The van der Waals surface area contributed by atoms with Crippen LogP contribution in [0.25, 0.3) is 0 Å². The number of fused-ring (bicyclic) bond motifs is 3. The van der Waals surface area contributed by atoms with Crippen molar-refractivity contribution in [2.24, 2.45) is 0 Å². The third-order valence-corrected chi connectivity index (χ3v) is 6.39. The molecular formula is C19H19NO6S. The summed E-state index contributed by atoms with van der Waals surface area (Å²) in [7, 11) is -3.80. The van der Waals surface area contributed by atoms with E-state index < -0.39 is 34.2 Å². The molecule has 4 rings (SSSR count). The smallest absolute Gasteiger partial charge is 0.308 e. The Morgan fingerprint density at radius 1 is 1.19 bits per heavy atom. The van der Waals surface area contributed by atoms with Crippen molar-refractivity contribution in [3.63, 3.8) is 0 Å². The van der Waals surface area contributed by atoms with E-state index in [2.05, 4.69) is 4.72 Å². The zero-order chi connectivity index (χ0) is 19.2. The number of ether oxygens (including phenoxy) is 2. The van der Waals surface area contributed by atoms with Crippen molar-refractivity contribution in [3.8, 4) is 11.5 Å². The first kappa shape index (κ1) is 18.0. The third kappa shape index (κ3) is 3.20. The van der Waals surface area contributed by atoms with Gasteiger partial charge in [-0.05, 0) is 18.2 Å². The first-order valence-corrected chi connectivity index (χ1v) is 10.1. The van der Waals surface area contributed by atoms with Gasteiger partial charge in [0, 0.05) is 24.8 Å². The van der Waals surface area contributed by atoms with Crippen molar-refractivity contribution in [2.75, 3.05) is 0 Å². The Morgan fingerprint density at radius 2 is 1.93 bits per heavy atom. The van der Waals surface area contributed by atoms with Gasteiger partial charge >= 0.3 is 5.97 Å². The highest BCUT2D eigenvalue weighted by atomic mass is 32.2. The molecule has 0 amide bonds. The van der Waals surface area contributed by atoms with Gasteiger partial charge in [-0.25, -0.2) is 13.1 Å². The molecule has 1 aliphatic carbocycles. The van der Waals surface area contributed by atoms with E-state index in [9.17, 15) is 18.3 Å². The summed E-state index contributed by atoms with van der Waals surface area (Å²) in [6.07, 6.45) is -1.000. The summed E-state index contributed by atoms with van der Waals surface area (Å²) < 4.78 is 39.2. The number of aliphatic hydroxyl groups excluding tert-OH is 1. The molecule has 2 aromatic carbocycles. The SMILES string of the molecule is CC(=O)Oc1cccc2c1OC1CC(O)C(NS(=O)(=O)c3ccccc3)[C@H]21. The topological polar surface area (TPSA) is 102 Å². The molecular weight excluding hydrogens is 370 g/mol. The molecule has 0 bridgehead atoms. The second-order valence-electron chi connectivity index (χ2n) is 6.71. The second kappa shape index (κ2) is 6.63. The Balaban J connectivity index is 1.67. The van der Waals surface area contributed by atoms with Crippen LogP contribution < -0.4 is 14.2 Å². The molecule has 1 fully saturated rings. The van der Waals surface area contributed by atoms with Crippen LogP contribution in [0.5, 0.6) is 11.5 Å². The summed E-state index contributed by atoms with van der Waals surface area (Å²) in [4.78, 5) is 11.4. The molecule has 1 heterocycles. The minimum Gasteiger partial charge on any atom is -0.485 e.